The molecule has 0 aliphatic heterocycles. The van der Waals surface area contributed by atoms with Crippen LogP contribution in [0.4, 0.5) is 0 Å². The molecule has 2 rings (SSSR count). The first kappa shape index (κ1) is 17.0. The molecule has 122 valence electrons. The summed E-state index contributed by atoms with van der Waals surface area (Å²) in [5.74, 6) is 2.39. The van der Waals surface area contributed by atoms with Gasteiger partial charge >= 0.3 is 0 Å². The van der Waals surface area contributed by atoms with Crippen LogP contribution in [0.15, 0.2) is 11.6 Å². The van der Waals surface area contributed by atoms with E-state index in [0.717, 1.165) is 30.3 Å². The molecule has 0 aromatic carbocycles. The summed E-state index contributed by atoms with van der Waals surface area (Å²) >= 11 is 0. The summed E-state index contributed by atoms with van der Waals surface area (Å²) < 4.78 is 0. The van der Waals surface area contributed by atoms with E-state index in [2.05, 4.69) is 26.0 Å². The van der Waals surface area contributed by atoms with Gasteiger partial charge in [-0.25, -0.2) is 0 Å². The number of hydrogen-bond acceptors (Lipinski definition) is 3. The molecule has 4 heteroatoms. The molecule has 2 fully saturated rings. The zero-order valence-corrected chi connectivity index (χ0v) is 13.8. The monoisotopic (exact) mass is 304 g/mol. The van der Waals surface area contributed by atoms with Crippen LogP contribution in [0.25, 0.3) is 0 Å². The van der Waals surface area contributed by atoms with Crippen molar-refractivity contribution in [2.24, 2.45) is 23.7 Å². The van der Waals surface area contributed by atoms with Gasteiger partial charge in [-0.1, -0.05) is 19.9 Å². The van der Waals surface area contributed by atoms with Crippen LogP contribution in [-0.2, 0) is 0 Å². The highest BCUT2D eigenvalue weighted by atomic mass is 16.6. The highest BCUT2D eigenvalue weighted by Gasteiger charge is 2.31. The highest BCUT2D eigenvalue weighted by molar-refractivity contribution is 5.25. The molecule has 0 aromatic heterocycles. The minimum absolute atomic E-state index is 0.154. The lowest BCUT2D eigenvalue weighted by Gasteiger charge is -2.30. The van der Waals surface area contributed by atoms with Crippen molar-refractivity contribution < 1.29 is 4.92 Å². The first-order chi connectivity index (χ1) is 10.5. The van der Waals surface area contributed by atoms with Gasteiger partial charge in [-0.15, -0.1) is 0 Å². The van der Waals surface area contributed by atoms with Crippen molar-refractivity contribution in [3.8, 4) is 6.07 Å². The number of hydrogen-bond donors (Lipinski definition) is 0. The lowest BCUT2D eigenvalue weighted by Crippen LogP contribution is -2.26. The minimum Gasteiger partial charge on any atom is -0.264 e. The third-order valence-corrected chi connectivity index (χ3v) is 5.74. The summed E-state index contributed by atoms with van der Waals surface area (Å²) in [6.45, 7) is 4.60. The van der Waals surface area contributed by atoms with Crippen molar-refractivity contribution in [1.29, 1.82) is 5.26 Å². The maximum absolute atomic E-state index is 10.8. The van der Waals surface area contributed by atoms with Gasteiger partial charge < -0.3 is 0 Å². The van der Waals surface area contributed by atoms with E-state index in [-0.39, 0.29) is 10.8 Å². The summed E-state index contributed by atoms with van der Waals surface area (Å²) in [7, 11) is 0. The number of rotatable bonds is 4. The molecule has 0 heterocycles. The molecule has 0 aromatic rings. The molecule has 22 heavy (non-hydrogen) atoms. The Morgan fingerprint density at radius 2 is 1.73 bits per heavy atom. The van der Waals surface area contributed by atoms with Crippen LogP contribution < -0.4 is 0 Å². The maximum Gasteiger partial charge on any atom is 0.213 e. The van der Waals surface area contributed by atoms with E-state index in [1.54, 1.807) is 0 Å². The van der Waals surface area contributed by atoms with Crippen molar-refractivity contribution in [2.75, 3.05) is 0 Å². The lowest BCUT2D eigenvalue weighted by atomic mass is 9.75. The van der Waals surface area contributed by atoms with Gasteiger partial charge in [0.25, 0.3) is 0 Å². The van der Waals surface area contributed by atoms with Crippen molar-refractivity contribution in [3.63, 3.8) is 0 Å². The van der Waals surface area contributed by atoms with Crippen LogP contribution >= 0.6 is 0 Å². The van der Waals surface area contributed by atoms with E-state index < -0.39 is 6.04 Å². The molecular formula is C18H28N2O2. The molecule has 0 atom stereocenters. The van der Waals surface area contributed by atoms with Crippen LogP contribution in [0.3, 0.4) is 0 Å². The Balaban J connectivity index is 1.90. The van der Waals surface area contributed by atoms with E-state index in [1.165, 1.54) is 25.7 Å². The Labute approximate surface area is 133 Å². The second kappa shape index (κ2) is 7.76. The van der Waals surface area contributed by atoms with Gasteiger partial charge in [0.05, 0.1) is 6.07 Å². The summed E-state index contributed by atoms with van der Waals surface area (Å²) in [4.78, 5) is 10.7. The smallest absolute Gasteiger partial charge is 0.213 e. The van der Waals surface area contributed by atoms with Crippen LogP contribution in [0.2, 0.25) is 0 Å². The number of nitro groups is 1. The Morgan fingerprint density at radius 1 is 1.14 bits per heavy atom. The summed E-state index contributed by atoms with van der Waals surface area (Å²) in [5.41, 5.74) is 0.898. The Bertz CT molecular complexity index is 448. The zero-order valence-electron chi connectivity index (χ0n) is 13.8. The summed E-state index contributed by atoms with van der Waals surface area (Å²) in [6, 6.07) is 2.00. The van der Waals surface area contributed by atoms with Crippen molar-refractivity contribution in [3.05, 3.63) is 21.8 Å². The van der Waals surface area contributed by atoms with Gasteiger partial charge in [0.2, 0.25) is 6.04 Å². The predicted octanol–water partition coefficient (Wildman–Crippen LogP) is 4.73. The van der Waals surface area contributed by atoms with Crippen molar-refractivity contribution in [2.45, 2.75) is 71.3 Å². The minimum atomic E-state index is -0.391. The van der Waals surface area contributed by atoms with Gasteiger partial charge in [0.1, 0.15) is 0 Å². The fourth-order valence-corrected chi connectivity index (χ4v) is 4.09. The second-order valence-electron chi connectivity index (χ2n) is 7.44. The van der Waals surface area contributed by atoms with Crippen molar-refractivity contribution >= 4 is 0 Å². The second-order valence-corrected chi connectivity index (χ2v) is 7.44. The molecule has 2 aliphatic carbocycles. The Hall–Kier alpha value is -1.37. The summed E-state index contributed by atoms with van der Waals surface area (Å²) in [6.07, 6.45) is 9.97. The largest absolute Gasteiger partial charge is 0.264 e. The van der Waals surface area contributed by atoms with Gasteiger partial charge in [-0.3, -0.25) is 10.1 Å². The van der Waals surface area contributed by atoms with Crippen LogP contribution in [0.5, 0.6) is 0 Å². The van der Waals surface area contributed by atoms with Gasteiger partial charge in [-0.05, 0) is 62.2 Å². The number of nitrogens with zero attached hydrogens (tertiary/aromatic N) is 2. The Kier molecular flexibility index (Phi) is 5.99. The van der Waals surface area contributed by atoms with Gasteiger partial charge in [0, 0.05) is 23.3 Å². The molecule has 0 radical (unpaired) electrons. The lowest BCUT2D eigenvalue weighted by molar-refractivity contribution is -0.526. The molecule has 2 aliphatic rings. The molecule has 2 saturated carbocycles. The average Bonchev–Trinajstić information content (AvgIpc) is 2.53. The third kappa shape index (κ3) is 4.32. The van der Waals surface area contributed by atoms with Gasteiger partial charge in [-0.2, -0.15) is 5.26 Å². The average molecular weight is 304 g/mol. The fourth-order valence-electron chi connectivity index (χ4n) is 4.09. The summed E-state index contributed by atoms with van der Waals surface area (Å²) in [5, 5.41) is 20.3. The van der Waals surface area contributed by atoms with Crippen LogP contribution in [0.1, 0.15) is 65.2 Å². The maximum atomic E-state index is 10.8. The molecule has 0 amide bonds. The molecule has 0 bridgehead atoms. The standard InChI is InChI=1S/C18H28N2O2/c1-13(2)15-5-3-14(4-6-15)11-17(12-19)16-7-9-18(10-8-16)20(21)22/h11,13-16,18H,3-10H2,1-2H3. The molecule has 0 unspecified atom stereocenters. The molecule has 0 N–H and O–H groups in total. The third-order valence-electron chi connectivity index (χ3n) is 5.74. The highest BCUT2D eigenvalue weighted by Crippen LogP contribution is 2.37. The predicted molar refractivity (Wildman–Crippen MR) is 86.7 cm³/mol. The first-order valence-electron chi connectivity index (χ1n) is 8.76. The zero-order chi connectivity index (χ0) is 16.1. The Morgan fingerprint density at radius 3 is 2.18 bits per heavy atom. The van der Waals surface area contributed by atoms with Gasteiger partial charge in [0.15, 0.2) is 0 Å². The van der Waals surface area contributed by atoms with E-state index >= 15 is 0 Å². The van der Waals surface area contributed by atoms with E-state index in [1.807, 2.05) is 0 Å². The fraction of sp³-hybridized carbons (Fsp3) is 0.833. The molecule has 0 saturated heterocycles. The number of allylic oxidation sites excluding steroid dienone is 2. The van der Waals surface area contributed by atoms with E-state index in [4.69, 9.17) is 0 Å². The van der Waals surface area contributed by atoms with E-state index in [0.29, 0.717) is 18.8 Å². The normalized spacial score (nSPS) is 33.5. The van der Waals surface area contributed by atoms with Crippen LogP contribution in [-0.4, -0.2) is 11.0 Å². The molecule has 0 spiro atoms. The van der Waals surface area contributed by atoms with Crippen molar-refractivity contribution in [1.82, 2.24) is 0 Å². The first-order valence-corrected chi connectivity index (χ1v) is 8.76. The molecule has 4 nitrogen and oxygen atoms in total. The molecular weight excluding hydrogens is 276 g/mol. The van der Waals surface area contributed by atoms with E-state index in [9.17, 15) is 15.4 Å². The SMILES string of the molecule is CC(C)C1CCC(C=C(C#N)C2CCC([N+](=O)[O-])CC2)CC1. The van der Waals surface area contributed by atoms with Crippen LogP contribution in [0, 0.1) is 45.1 Å². The topological polar surface area (TPSA) is 66.9 Å². The number of nitriles is 1. The quantitative estimate of drug-likeness (QED) is 0.428.